The zero-order chi connectivity index (χ0) is 15.9. The van der Waals surface area contributed by atoms with Crippen molar-refractivity contribution in [3.8, 4) is 10.6 Å². The van der Waals surface area contributed by atoms with Crippen LogP contribution in [-0.4, -0.2) is 20.5 Å². The van der Waals surface area contributed by atoms with Gasteiger partial charge in [-0.05, 0) is 32.9 Å². The molecule has 2 heterocycles. The second-order valence-electron chi connectivity index (χ2n) is 5.97. The molecule has 0 saturated heterocycles. The summed E-state index contributed by atoms with van der Waals surface area (Å²) < 4.78 is 0.518. The van der Waals surface area contributed by atoms with Crippen LogP contribution in [0, 0.1) is 0 Å². The van der Waals surface area contributed by atoms with Gasteiger partial charge in [-0.25, -0.2) is 4.98 Å². The molecule has 114 valence electrons. The molecule has 0 aliphatic carbocycles. The number of thiazole rings is 1. The van der Waals surface area contributed by atoms with Crippen LogP contribution in [0.5, 0.6) is 0 Å². The van der Waals surface area contributed by atoms with Gasteiger partial charge in [0.1, 0.15) is 9.71 Å². The van der Waals surface area contributed by atoms with Gasteiger partial charge in [0, 0.05) is 16.1 Å². The zero-order valence-electron chi connectivity index (χ0n) is 12.4. The number of fused-ring (bicyclic) bond motifs is 1. The molecule has 1 aromatic carbocycles. The first kappa shape index (κ1) is 15.0. The molecule has 0 unspecified atom stereocenters. The van der Waals surface area contributed by atoms with Gasteiger partial charge in [-0.2, -0.15) is 4.98 Å². The lowest BCUT2D eigenvalue weighted by molar-refractivity contribution is 0.626. The first-order valence-electron chi connectivity index (χ1n) is 6.77. The molecular weight excluding hydrogens is 320 g/mol. The van der Waals surface area contributed by atoms with E-state index in [4.69, 9.17) is 11.6 Å². The molecule has 0 saturated carbocycles. The largest absolute Gasteiger partial charge is 0.351 e. The van der Waals surface area contributed by atoms with Crippen molar-refractivity contribution in [3.63, 3.8) is 0 Å². The van der Waals surface area contributed by atoms with Crippen molar-refractivity contribution < 1.29 is 0 Å². The summed E-state index contributed by atoms with van der Waals surface area (Å²) in [5.74, 6) is 0.429. The lowest BCUT2D eigenvalue weighted by Gasteiger charge is -2.20. The summed E-state index contributed by atoms with van der Waals surface area (Å²) in [6.45, 7) is 5.99. The number of aromatic amines is 1. The average molecular weight is 335 g/mol. The third-order valence-electron chi connectivity index (χ3n) is 2.85. The Morgan fingerprint density at radius 3 is 2.50 bits per heavy atom. The number of anilines is 1. The highest BCUT2D eigenvalue weighted by Crippen LogP contribution is 2.28. The Kier molecular flexibility index (Phi) is 3.66. The van der Waals surface area contributed by atoms with E-state index in [1.54, 1.807) is 12.1 Å². The topological polar surface area (TPSA) is 70.7 Å². The molecule has 0 spiro atoms. The van der Waals surface area contributed by atoms with Crippen molar-refractivity contribution >= 4 is 39.2 Å². The Balaban J connectivity index is 2.08. The van der Waals surface area contributed by atoms with Crippen LogP contribution in [0.1, 0.15) is 20.8 Å². The molecule has 7 heteroatoms. The van der Waals surface area contributed by atoms with Crippen LogP contribution >= 0.6 is 22.9 Å². The zero-order valence-corrected chi connectivity index (χ0v) is 14.0. The Hall–Kier alpha value is -1.92. The number of hydrogen-bond donors (Lipinski definition) is 2. The number of rotatable bonds is 2. The van der Waals surface area contributed by atoms with E-state index in [1.807, 2.05) is 32.9 Å². The first-order valence-corrected chi connectivity index (χ1v) is 7.96. The minimum atomic E-state index is -0.196. The highest BCUT2D eigenvalue weighted by Gasteiger charge is 2.15. The number of H-pyrrole nitrogens is 1. The minimum absolute atomic E-state index is 0.186. The molecule has 22 heavy (non-hydrogen) atoms. The highest BCUT2D eigenvalue weighted by atomic mass is 35.5. The van der Waals surface area contributed by atoms with Crippen LogP contribution in [0.2, 0.25) is 5.02 Å². The molecule has 0 amide bonds. The molecule has 0 atom stereocenters. The van der Waals surface area contributed by atoms with Crippen LogP contribution < -0.4 is 10.9 Å². The van der Waals surface area contributed by atoms with E-state index in [2.05, 4.69) is 20.3 Å². The van der Waals surface area contributed by atoms with Crippen molar-refractivity contribution in [2.45, 2.75) is 26.3 Å². The summed E-state index contributed by atoms with van der Waals surface area (Å²) >= 11 is 7.21. The van der Waals surface area contributed by atoms with Crippen molar-refractivity contribution in [1.82, 2.24) is 15.0 Å². The highest BCUT2D eigenvalue weighted by molar-refractivity contribution is 7.21. The van der Waals surface area contributed by atoms with Crippen LogP contribution in [0.15, 0.2) is 29.1 Å². The standard InChI is InChI=1S/C15H15ClN4OS/c1-15(2,3)20-14-18-11-10(12(21)19-14)22-13(17-11)8-4-6-9(16)7-5-8/h4-7H,1-3H3,(H2,18,19,20,21). The van der Waals surface area contributed by atoms with Crippen LogP contribution in [0.3, 0.4) is 0 Å². The van der Waals surface area contributed by atoms with E-state index in [9.17, 15) is 4.79 Å². The number of benzene rings is 1. The van der Waals surface area contributed by atoms with Gasteiger partial charge >= 0.3 is 0 Å². The van der Waals surface area contributed by atoms with Gasteiger partial charge in [0.05, 0.1) is 0 Å². The van der Waals surface area contributed by atoms with E-state index in [0.29, 0.717) is 21.3 Å². The molecule has 3 aromatic rings. The number of nitrogens with zero attached hydrogens (tertiary/aromatic N) is 2. The van der Waals surface area contributed by atoms with Gasteiger partial charge in [0.15, 0.2) is 5.65 Å². The average Bonchev–Trinajstić information content (AvgIpc) is 2.82. The number of hydrogen-bond acceptors (Lipinski definition) is 5. The van der Waals surface area contributed by atoms with E-state index in [-0.39, 0.29) is 11.1 Å². The summed E-state index contributed by atoms with van der Waals surface area (Å²) in [6, 6.07) is 7.35. The first-order chi connectivity index (χ1) is 10.3. The summed E-state index contributed by atoms with van der Waals surface area (Å²) in [6.07, 6.45) is 0. The normalized spacial score (nSPS) is 11.8. The molecule has 0 bridgehead atoms. The van der Waals surface area contributed by atoms with Gasteiger partial charge < -0.3 is 5.32 Å². The third-order valence-corrected chi connectivity index (χ3v) is 4.19. The van der Waals surface area contributed by atoms with Crippen molar-refractivity contribution in [2.24, 2.45) is 0 Å². The molecule has 0 aliphatic heterocycles. The molecule has 0 aliphatic rings. The summed E-state index contributed by atoms with van der Waals surface area (Å²) in [4.78, 5) is 23.8. The van der Waals surface area contributed by atoms with Crippen molar-refractivity contribution in [3.05, 3.63) is 39.6 Å². The fraction of sp³-hybridized carbons (Fsp3) is 0.267. The number of aromatic nitrogens is 3. The molecule has 0 fully saturated rings. The monoisotopic (exact) mass is 334 g/mol. The van der Waals surface area contributed by atoms with Crippen molar-refractivity contribution in [1.29, 1.82) is 0 Å². The Labute approximate surface area is 136 Å². The minimum Gasteiger partial charge on any atom is -0.351 e. The second-order valence-corrected chi connectivity index (χ2v) is 7.40. The predicted octanol–water partition coefficient (Wildman–Crippen LogP) is 3.91. The van der Waals surface area contributed by atoms with E-state index < -0.39 is 0 Å². The van der Waals surface area contributed by atoms with Gasteiger partial charge in [0.2, 0.25) is 5.95 Å². The summed E-state index contributed by atoms with van der Waals surface area (Å²) in [7, 11) is 0. The predicted molar refractivity (Wildman–Crippen MR) is 91.9 cm³/mol. The fourth-order valence-corrected chi connectivity index (χ4v) is 3.00. The van der Waals surface area contributed by atoms with Gasteiger partial charge in [-0.1, -0.05) is 23.7 Å². The molecule has 3 rings (SSSR count). The molecule has 2 N–H and O–H groups in total. The SMILES string of the molecule is CC(C)(C)Nc1nc2nc(-c3ccc(Cl)cc3)sc2c(=O)[nH]1. The van der Waals surface area contributed by atoms with Gasteiger partial charge in [-0.3, -0.25) is 9.78 Å². The molecular formula is C15H15ClN4OS. The summed E-state index contributed by atoms with van der Waals surface area (Å²) in [5, 5.41) is 4.56. The van der Waals surface area contributed by atoms with Gasteiger partial charge in [0.25, 0.3) is 5.56 Å². The lowest BCUT2D eigenvalue weighted by Crippen LogP contribution is -2.28. The van der Waals surface area contributed by atoms with Crippen LogP contribution in [0.4, 0.5) is 5.95 Å². The maximum absolute atomic E-state index is 12.2. The Morgan fingerprint density at radius 1 is 1.18 bits per heavy atom. The molecule has 0 radical (unpaired) electrons. The Morgan fingerprint density at radius 2 is 1.86 bits per heavy atom. The molecule has 5 nitrogen and oxygen atoms in total. The molecule has 2 aromatic heterocycles. The van der Waals surface area contributed by atoms with E-state index in [1.165, 1.54) is 11.3 Å². The number of nitrogens with one attached hydrogen (secondary N) is 2. The van der Waals surface area contributed by atoms with Crippen molar-refractivity contribution in [2.75, 3.05) is 5.32 Å². The maximum atomic E-state index is 12.2. The smallest absolute Gasteiger partial charge is 0.272 e. The van der Waals surface area contributed by atoms with E-state index >= 15 is 0 Å². The third kappa shape index (κ3) is 3.13. The fourth-order valence-electron chi connectivity index (χ4n) is 1.96. The lowest BCUT2D eigenvalue weighted by atomic mass is 10.1. The number of halogens is 1. The van der Waals surface area contributed by atoms with Crippen LogP contribution in [-0.2, 0) is 0 Å². The van der Waals surface area contributed by atoms with Crippen LogP contribution in [0.25, 0.3) is 20.9 Å². The van der Waals surface area contributed by atoms with Gasteiger partial charge in [-0.15, -0.1) is 11.3 Å². The second kappa shape index (κ2) is 5.37. The van der Waals surface area contributed by atoms with E-state index in [0.717, 1.165) is 10.6 Å². The maximum Gasteiger partial charge on any atom is 0.272 e. The summed E-state index contributed by atoms with van der Waals surface area (Å²) in [5.41, 5.74) is 0.982. The Bertz CT molecular complexity index is 877. The quantitative estimate of drug-likeness (QED) is 0.745.